The second kappa shape index (κ2) is 4.93. The minimum atomic E-state index is 0.759. The van der Waals surface area contributed by atoms with Gasteiger partial charge in [-0.1, -0.05) is 35.4 Å². The van der Waals surface area contributed by atoms with E-state index in [1.54, 1.807) is 0 Å². The Balaban J connectivity index is 2.25. The van der Waals surface area contributed by atoms with Crippen LogP contribution < -0.4 is 5.32 Å². The normalized spacial score (nSPS) is 10.8. The summed E-state index contributed by atoms with van der Waals surface area (Å²) in [7, 11) is 1.89. The van der Waals surface area contributed by atoms with Crippen molar-refractivity contribution in [2.75, 3.05) is 12.4 Å². The van der Waals surface area contributed by atoms with Gasteiger partial charge >= 0.3 is 0 Å². The molecule has 3 rings (SSSR count). The van der Waals surface area contributed by atoms with Crippen LogP contribution in [-0.2, 0) is 0 Å². The van der Waals surface area contributed by atoms with Gasteiger partial charge in [0.15, 0.2) is 5.82 Å². The van der Waals surface area contributed by atoms with Gasteiger partial charge in [-0.05, 0) is 32.0 Å². The maximum Gasteiger partial charge on any atom is 0.162 e. The van der Waals surface area contributed by atoms with E-state index in [4.69, 9.17) is 0 Å². The van der Waals surface area contributed by atoms with Crippen LogP contribution in [-0.4, -0.2) is 17.0 Å². The molecular weight excluding hydrogens is 246 g/mol. The van der Waals surface area contributed by atoms with Crippen LogP contribution in [0.3, 0.4) is 0 Å². The first kappa shape index (κ1) is 12.6. The highest BCUT2D eigenvalue weighted by Crippen LogP contribution is 2.25. The third kappa shape index (κ3) is 2.23. The molecular formula is C17H17N3. The largest absolute Gasteiger partial charge is 0.373 e. The lowest BCUT2D eigenvalue weighted by Gasteiger charge is -2.09. The molecule has 1 heterocycles. The summed E-state index contributed by atoms with van der Waals surface area (Å²) in [5.41, 5.74) is 4.43. The molecule has 0 amide bonds. The molecule has 0 spiro atoms. The van der Waals surface area contributed by atoms with E-state index in [0.29, 0.717) is 0 Å². The van der Waals surface area contributed by atoms with Crippen LogP contribution in [0, 0.1) is 13.8 Å². The maximum atomic E-state index is 4.69. The summed E-state index contributed by atoms with van der Waals surface area (Å²) in [5, 5.41) is 4.23. The minimum absolute atomic E-state index is 0.759. The molecule has 0 atom stereocenters. The number of aryl methyl sites for hydroxylation is 2. The number of fused-ring (bicyclic) bond motifs is 1. The number of hydrogen-bond acceptors (Lipinski definition) is 3. The van der Waals surface area contributed by atoms with Crippen molar-refractivity contribution in [3.8, 4) is 11.4 Å². The molecule has 1 aromatic heterocycles. The molecule has 0 unspecified atom stereocenters. The molecule has 0 saturated carbocycles. The summed E-state index contributed by atoms with van der Waals surface area (Å²) in [4.78, 5) is 9.33. The van der Waals surface area contributed by atoms with Gasteiger partial charge in [-0.25, -0.2) is 9.97 Å². The molecule has 2 aromatic carbocycles. The van der Waals surface area contributed by atoms with Crippen molar-refractivity contribution in [2.24, 2.45) is 0 Å². The Labute approximate surface area is 118 Å². The van der Waals surface area contributed by atoms with Gasteiger partial charge in [-0.2, -0.15) is 0 Å². The molecule has 20 heavy (non-hydrogen) atoms. The minimum Gasteiger partial charge on any atom is -0.373 e. The van der Waals surface area contributed by atoms with E-state index in [1.807, 2.05) is 25.2 Å². The molecule has 0 fully saturated rings. The number of anilines is 1. The van der Waals surface area contributed by atoms with Gasteiger partial charge in [-0.15, -0.1) is 0 Å². The zero-order chi connectivity index (χ0) is 14.1. The lowest BCUT2D eigenvalue weighted by molar-refractivity contribution is 1.21. The predicted octanol–water partition coefficient (Wildman–Crippen LogP) is 3.96. The van der Waals surface area contributed by atoms with Crippen molar-refractivity contribution >= 4 is 16.7 Å². The molecule has 0 aliphatic rings. The zero-order valence-electron chi connectivity index (χ0n) is 11.9. The molecule has 0 aliphatic carbocycles. The van der Waals surface area contributed by atoms with Gasteiger partial charge in [0, 0.05) is 18.0 Å². The second-order valence-electron chi connectivity index (χ2n) is 5.04. The Morgan fingerprint density at radius 1 is 0.900 bits per heavy atom. The maximum absolute atomic E-state index is 4.69. The average molecular weight is 263 g/mol. The molecule has 3 aromatic rings. The molecule has 0 aliphatic heterocycles. The first-order valence-electron chi connectivity index (χ1n) is 6.70. The number of hydrogen-bond donors (Lipinski definition) is 1. The first-order valence-corrected chi connectivity index (χ1v) is 6.70. The van der Waals surface area contributed by atoms with Gasteiger partial charge < -0.3 is 5.32 Å². The first-order chi connectivity index (χ1) is 9.67. The smallest absolute Gasteiger partial charge is 0.162 e. The van der Waals surface area contributed by atoms with Crippen molar-refractivity contribution in [1.82, 2.24) is 9.97 Å². The SMILES string of the molecule is CNc1nc(-c2cccc(C)c2)nc2ccc(C)cc12. The topological polar surface area (TPSA) is 37.8 Å². The van der Waals surface area contributed by atoms with E-state index in [1.165, 1.54) is 11.1 Å². The van der Waals surface area contributed by atoms with E-state index in [-0.39, 0.29) is 0 Å². The fourth-order valence-electron chi connectivity index (χ4n) is 2.35. The lowest BCUT2D eigenvalue weighted by Crippen LogP contribution is -1.99. The Morgan fingerprint density at radius 3 is 2.45 bits per heavy atom. The molecule has 100 valence electrons. The predicted molar refractivity (Wildman–Crippen MR) is 84.0 cm³/mol. The van der Waals surface area contributed by atoms with Crippen molar-refractivity contribution in [1.29, 1.82) is 0 Å². The van der Waals surface area contributed by atoms with Gasteiger partial charge in [0.05, 0.1) is 5.52 Å². The number of nitrogens with zero attached hydrogens (tertiary/aromatic N) is 2. The van der Waals surface area contributed by atoms with Crippen LogP contribution in [0.4, 0.5) is 5.82 Å². The standard InChI is InChI=1S/C17H17N3/c1-11-5-4-6-13(9-11)16-19-15-8-7-12(2)10-14(15)17(18-3)20-16/h4-10H,1-3H3,(H,18,19,20). The van der Waals surface area contributed by atoms with Crippen molar-refractivity contribution in [3.05, 3.63) is 53.6 Å². The summed E-state index contributed by atoms with van der Waals surface area (Å²) in [6, 6.07) is 14.5. The quantitative estimate of drug-likeness (QED) is 0.760. The fraction of sp³-hybridized carbons (Fsp3) is 0.176. The van der Waals surface area contributed by atoms with Gasteiger partial charge in [-0.3, -0.25) is 0 Å². The second-order valence-corrected chi connectivity index (χ2v) is 5.04. The van der Waals surface area contributed by atoms with Crippen LogP contribution in [0.25, 0.3) is 22.3 Å². The van der Waals surface area contributed by atoms with E-state index < -0.39 is 0 Å². The third-order valence-electron chi connectivity index (χ3n) is 3.36. The van der Waals surface area contributed by atoms with E-state index in [9.17, 15) is 0 Å². The van der Waals surface area contributed by atoms with Crippen molar-refractivity contribution < 1.29 is 0 Å². The van der Waals surface area contributed by atoms with Crippen LogP contribution in [0.5, 0.6) is 0 Å². The highest BCUT2D eigenvalue weighted by molar-refractivity contribution is 5.91. The Bertz CT molecular complexity index is 778. The van der Waals surface area contributed by atoms with Crippen LogP contribution in [0.2, 0.25) is 0 Å². The Hall–Kier alpha value is -2.42. The zero-order valence-corrected chi connectivity index (χ0v) is 11.9. The third-order valence-corrected chi connectivity index (χ3v) is 3.36. The summed E-state index contributed by atoms with van der Waals surface area (Å²) >= 11 is 0. The highest BCUT2D eigenvalue weighted by Gasteiger charge is 2.08. The number of nitrogens with one attached hydrogen (secondary N) is 1. The summed E-state index contributed by atoms with van der Waals surface area (Å²) < 4.78 is 0. The van der Waals surface area contributed by atoms with E-state index >= 15 is 0 Å². The molecule has 3 nitrogen and oxygen atoms in total. The number of aromatic nitrogens is 2. The van der Waals surface area contributed by atoms with Crippen molar-refractivity contribution in [2.45, 2.75) is 13.8 Å². The summed E-state index contributed by atoms with van der Waals surface area (Å²) in [6.45, 7) is 4.15. The Morgan fingerprint density at radius 2 is 1.70 bits per heavy atom. The van der Waals surface area contributed by atoms with E-state index in [0.717, 1.165) is 28.1 Å². The highest BCUT2D eigenvalue weighted by atomic mass is 15.0. The van der Waals surface area contributed by atoms with E-state index in [2.05, 4.69) is 53.4 Å². The molecule has 0 bridgehead atoms. The van der Waals surface area contributed by atoms with Crippen LogP contribution in [0.1, 0.15) is 11.1 Å². The molecule has 0 saturated heterocycles. The Kier molecular flexibility index (Phi) is 3.11. The molecule has 3 heteroatoms. The molecule has 0 radical (unpaired) electrons. The van der Waals surface area contributed by atoms with Crippen molar-refractivity contribution in [3.63, 3.8) is 0 Å². The molecule has 1 N–H and O–H groups in total. The fourth-order valence-corrected chi connectivity index (χ4v) is 2.35. The summed E-state index contributed by atoms with van der Waals surface area (Å²) in [6.07, 6.45) is 0. The van der Waals surface area contributed by atoms with Gasteiger partial charge in [0.25, 0.3) is 0 Å². The average Bonchev–Trinajstić information content (AvgIpc) is 2.46. The van der Waals surface area contributed by atoms with Crippen LogP contribution in [0.15, 0.2) is 42.5 Å². The number of benzene rings is 2. The van der Waals surface area contributed by atoms with Crippen LogP contribution >= 0.6 is 0 Å². The van der Waals surface area contributed by atoms with Gasteiger partial charge in [0.2, 0.25) is 0 Å². The number of rotatable bonds is 2. The van der Waals surface area contributed by atoms with Gasteiger partial charge in [0.1, 0.15) is 5.82 Å². The monoisotopic (exact) mass is 263 g/mol. The lowest BCUT2D eigenvalue weighted by atomic mass is 10.1. The summed E-state index contributed by atoms with van der Waals surface area (Å²) in [5.74, 6) is 1.63.